The Balaban J connectivity index is 2.40. The molecule has 99 valence electrons. The third-order valence-electron chi connectivity index (χ3n) is 3.55. The highest BCUT2D eigenvalue weighted by Crippen LogP contribution is 2.28. The number of hydrogen-bond acceptors (Lipinski definition) is 0. The van der Waals surface area contributed by atoms with Gasteiger partial charge in [-0.25, -0.2) is 0 Å². The van der Waals surface area contributed by atoms with Gasteiger partial charge in [0, 0.05) is 0 Å². The lowest BCUT2D eigenvalue weighted by atomic mass is 9.91. The molecule has 0 atom stereocenters. The van der Waals surface area contributed by atoms with Crippen LogP contribution in [0.2, 0.25) is 0 Å². The molecule has 19 heavy (non-hydrogen) atoms. The monoisotopic (exact) mass is 251 g/mol. The molecule has 0 spiro atoms. The van der Waals surface area contributed by atoms with Gasteiger partial charge in [-0.05, 0) is 47.6 Å². The zero-order valence-corrected chi connectivity index (χ0v) is 12.1. The lowest BCUT2D eigenvalue weighted by molar-refractivity contribution is 0.795. The van der Waals surface area contributed by atoms with Crippen molar-refractivity contribution in [2.75, 3.05) is 0 Å². The molecule has 1 radical (unpaired) electrons. The predicted octanol–water partition coefficient (Wildman–Crippen LogP) is 5.45. The van der Waals surface area contributed by atoms with Gasteiger partial charge in [0.2, 0.25) is 0 Å². The molecule has 2 aromatic rings. The first-order chi connectivity index (χ1) is 9.36. The van der Waals surface area contributed by atoms with E-state index in [9.17, 15) is 0 Å². The van der Waals surface area contributed by atoms with Gasteiger partial charge in [-0.1, -0.05) is 69.2 Å². The molecule has 0 unspecified atom stereocenters. The minimum atomic E-state index is 1.13. The maximum atomic E-state index is 3.44. The van der Waals surface area contributed by atoms with Crippen molar-refractivity contribution in [1.29, 1.82) is 0 Å². The summed E-state index contributed by atoms with van der Waals surface area (Å²) in [5, 5.41) is 0. The standard InChI is InChI=1S/C19H23/c1-3-5-11-17-13-7-9-15-19(17)18-14-8-6-12-16(18)10-4-2/h6-9,12,14-15H,3-5,10-11H2,1-2H3. The Morgan fingerprint density at radius 3 is 2.42 bits per heavy atom. The normalized spacial score (nSPS) is 10.6. The Labute approximate surface area is 117 Å². The maximum Gasteiger partial charge on any atom is -0.0143 e. The van der Waals surface area contributed by atoms with E-state index in [1.54, 1.807) is 0 Å². The van der Waals surface area contributed by atoms with Gasteiger partial charge in [-0.3, -0.25) is 0 Å². The maximum absolute atomic E-state index is 3.44. The third kappa shape index (κ3) is 3.47. The van der Waals surface area contributed by atoms with Crippen molar-refractivity contribution >= 4 is 0 Å². The van der Waals surface area contributed by atoms with Crippen LogP contribution in [0.25, 0.3) is 11.1 Å². The zero-order chi connectivity index (χ0) is 13.5. The minimum absolute atomic E-state index is 1.13. The molecule has 0 nitrogen and oxygen atoms in total. The molecule has 0 heteroatoms. The van der Waals surface area contributed by atoms with Crippen LogP contribution in [-0.2, 0) is 12.8 Å². The summed E-state index contributed by atoms with van der Waals surface area (Å²) in [4.78, 5) is 0. The van der Waals surface area contributed by atoms with Crippen LogP contribution in [0.5, 0.6) is 0 Å². The van der Waals surface area contributed by atoms with E-state index in [0.29, 0.717) is 0 Å². The van der Waals surface area contributed by atoms with Crippen molar-refractivity contribution in [2.24, 2.45) is 0 Å². The highest BCUT2D eigenvalue weighted by atomic mass is 14.1. The Hall–Kier alpha value is -1.56. The minimum Gasteiger partial charge on any atom is -0.0654 e. The lowest BCUT2D eigenvalue weighted by Crippen LogP contribution is -1.94. The SMILES string of the molecule is CCCCc1[c]cccc1-c1ccccc1CCC. The van der Waals surface area contributed by atoms with Crippen LogP contribution in [0.15, 0.2) is 42.5 Å². The summed E-state index contributed by atoms with van der Waals surface area (Å²) in [6.45, 7) is 4.49. The second-order valence-corrected chi connectivity index (χ2v) is 5.07. The molecule has 0 aromatic heterocycles. The van der Waals surface area contributed by atoms with Crippen molar-refractivity contribution in [3.05, 3.63) is 59.7 Å². The van der Waals surface area contributed by atoms with Gasteiger partial charge >= 0.3 is 0 Å². The molecule has 0 amide bonds. The summed E-state index contributed by atoms with van der Waals surface area (Å²) in [5.41, 5.74) is 5.60. The van der Waals surface area contributed by atoms with Crippen LogP contribution in [-0.4, -0.2) is 0 Å². The van der Waals surface area contributed by atoms with E-state index >= 15 is 0 Å². The predicted molar refractivity (Wildman–Crippen MR) is 83.3 cm³/mol. The summed E-state index contributed by atoms with van der Waals surface area (Å²) >= 11 is 0. The molecular weight excluding hydrogens is 228 g/mol. The Morgan fingerprint density at radius 2 is 1.63 bits per heavy atom. The van der Waals surface area contributed by atoms with Gasteiger partial charge in [0.15, 0.2) is 0 Å². The van der Waals surface area contributed by atoms with Crippen LogP contribution in [0.1, 0.15) is 44.2 Å². The average molecular weight is 251 g/mol. The van der Waals surface area contributed by atoms with Crippen LogP contribution >= 0.6 is 0 Å². The summed E-state index contributed by atoms with van der Waals surface area (Å²) in [6, 6.07) is 18.6. The molecule has 0 N–H and O–H groups in total. The molecule has 0 heterocycles. The van der Waals surface area contributed by atoms with E-state index in [2.05, 4.69) is 56.3 Å². The molecule has 0 aliphatic carbocycles. The van der Waals surface area contributed by atoms with Gasteiger partial charge in [-0.2, -0.15) is 0 Å². The fourth-order valence-electron chi connectivity index (χ4n) is 2.55. The number of hydrogen-bond donors (Lipinski definition) is 0. The zero-order valence-electron chi connectivity index (χ0n) is 12.1. The molecule has 0 saturated carbocycles. The molecule has 0 aliphatic rings. The van der Waals surface area contributed by atoms with Gasteiger partial charge in [0.05, 0.1) is 0 Å². The molecule has 0 saturated heterocycles. The highest BCUT2D eigenvalue weighted by Gasteiger charge is 2.08. The first-order valence-corrected chi connectivity index (χ1v) is 7.44. The largest absolute Gasteiger partial charge is 0.0654 e. The van der Waals surface area contributed by atoms with Crippen molar-refractivity contribution in [1.82, 2.24) is 0 Å². The Morgan fingerprint density at radius 1 is 0.842 bits per heavy atom. The van der Waals surface area contributed by atoms with Gasteiger partial charge in [-0.15, -0.1) is 0 Å². The van der Waals surface area contributed by atoms with Crippen LogP contribution < -0.4 is 0 Å². The summed E-state index contributed by atoms with van der Waals surface area (Å²) in [5.74, 6) is 0. The molecule has 2 aromatic carbocycles. The summed E-state index contributed by atoms with van der Waals surface area (Å²) in [6.07, 6.45) is 5.95. The van der Waals surface area contributed by atoms with E-state index in [4.69, 9.17) is 0 Å². The van der Waals surface area contributed by atoms with E-state index in [0.717, 1.165) is 12.8 Å². The quantitative estimate of drug-likeness (QED) is 0.640. The molecule has 0 fully saturated rings. The van der Waals surface area contributed by atoms with Gasteiger partial charge in [0.1, 0.15) is 0 Å². The van der Waals surface area contributed by atoms with E-state index in [1.807, 2.05) is 6.07 Å². The van der Waals surface area contributed by atoms with Crippen molar-refractivity contribution in [2.45, 2.75) is 46.0 Å². The van der Waals surface area contributed by atoms with Crippen molar-refractivity contribution < 1.29 is 0 Å². The van der Waals surface area contributed by atoms with Crippen LogP contribution in [0.3, 0.4) is 0 Å². The smallest absolute Gasteiger partial charge is 0.0143 e. The third-order valence-corrected chi connectivity index (χ3v) is 3.55. The average Bonchev–Trinajstić information content (AvgIpc) is 2.46. The fraction of sp³-hybridized carbons (Fsp3) is 0.368. The fourth-order valence-corrected chi connectivity index (χ4v) is 2.55. The number of benzene rings is 2. The molecule has 0 aliphatic heterocycles. The van der Waals surface area contributed by atoms with Crippen molar-refractivity contribution in [3.8, 4) is 11.1 Å². The number of aryl methyl sites for hydroxylation is 2. The van der Waals surface area contributed by atoms with E-state index in [1.165, 1.54) is 41.5 Å². The first-order valence-electron chi connectivity index (χ1n) is 7.44. The second kappa shape index (κ2) is 7.13. The van der Waals surface area contributed by atoms with Gasteiger partial charge < -0.3 is 0 Å². The van der Waals surface area contributed by atoms with E-state index in [-0.39, 0.29) is 0 Å². The van der Waals surface area contributed by atoms with E-state index < -0.39 is 0 Å². The van der Waals surface area contributed by atoms with Crippen LogP contribution in [0.4, 0.5) is 0 Å². The topological polar surface area (TPSA) is 0 Å². The Bertz CT molecular complexity index is 511. The second-order valence-electron chi connectivity index (χ2n) is 5.07. The highest BCUT2D eigenvalue weighted by molar-refractivity contribution is 5.70. The van der Waals surface area contributed by atoms with Crippen LogP contribution in [0, 0.1) is 6.07 Å². The molecule has 0 bridgehead atoms. The lowest BCUT2D eigenvalue weighted by Gasteiger charge is -2.13. The number of unbranched alkanes of at least 4 members (excludes halogenated alkanes) is 1. The van der Waals surface area contributed by atoms with Crippen molar-refractivity contribution in [3.63, 3.8) is 0 Å². The number of rotatable bonds is 6. The Kier molecular flexibility index (Phi) is 5.20. The molecular formula is C19H23. The van der Waals surface area contributed by atoms with Gasteiger partial charge in [0.25, 0.3) is 0 Å². The first kappa shape index (κ1) is 13.9. The molecule has 2 rings (SSSR count). The summed E-state index contributed by atoms with van der Waals surface area (Å²) < 4.78 is 0. The summed E-state index contributed by atoms with van der Waals surface area (Å²) in [7, 11) is 0.